The van der Waals surface area contributed by atoms with E-state index in [2.05, 4.69) is 19.2 Å². The van der Waals surface area contributed by atoms with E-state index in [9.17, 15) is 4.79 Å². The third-order valence-electron chi connectivity index (χ3n) is 2.58. The van der Waals surface area contributed by atoms with Crippen LogP contribution in [0.2, 0.25) is 0 Å². The molecule has 0 aromatic rings. The fraction of sp³-hybridized carbons (Fsp3) is 0.889. The van der Waals surface area contributed by atoms with Gasteiger partial charge in [0.25, 0.3) is 0 Å². The summed E-state index contributed by atoms with van der Waals surface area (Å²) in [5, 5.41) is 3.57. The highest BCUT2D eigenvalue weighted by Crippen LogP contribution is 2.26. The molecule has 2 atom stereocenters. The van der Waals surface area contributed by atoms with Crippen LogP contribution in [0.4, 0.5) is 0 Å². The Hall–Kier alpha value is -0.0200. The van der Waals surface area contributed by atoms with Gasteiger partial charge in [0, 0.05) is 0 Å². The Kier molecular flexibility index (Phi) is 3.59. The lowest BCUT2D eigenvalue weighted by atomic mass is 9.89. The minimum atomic E-state index is 0.111. The van der Waals surface area contributed by atoms with Crippen LogP contribution in [0.25, 0.3) is 0 Å². The maximum absolute atomic E-state index is 11.4. The summed E-state index contributed by atoms with van der Waals surface area (Å²) in [5.41, 5.74) is 0. The summed E-state index contributed by atoms with van der Waals surface area (Å²) in [7, 11) is 0. The van der Waals surface area contributed by atoms with Crippen LogP contribution in [-0.2, 0) is 4.79 Å². The molecule has 1 aliphatic heterocycles. The summed E-state index contributed by atoms with van der Waals surface area (Å²) in [4.78, 5) is 11.4. The zero-order chi connectivity index (χ0) is 9.14. The van der Waals surface area contributed by atoms with E-state index in [1.165, 1.54) is 11.8 Å². The summed E-state index contributed by atoms with van der Waals surface area (Å²) in [6, 6.07) is 0.111. The van der Waals surface area contributed by atoms with Gasteiger partial charge in [-0.1, -0.05) is 25.6 Å². The Bertz CT molecular complexity index is 170. The van der Waals surface area contributed by atoms with Crippen molar-refractivity contribution in [3.05, 3.63) is 0 Å². The number of carbonyl (C=O) groups excluding carboxylic acids is 1. The molecule has 12 heavy (non-hydrogen) atoms. The van der Waals surface area contributed by atoms with Crippen molar-refractivity contribution in [2.24, 2.45) is 11.8 Å². The molecule has 0 amide bonds. The second kappa shape index (κ2) is 4.28. The van der Waals surface area contributed by atoms with E-state index in [-0.39, 0.29) is 6.04 Å². The van der Waals surface area contributed by atoms with Gasteiger partial charge in [-0.3, -0.25) is 4.79 Å². The molecule has 1 saturated heterocycles. The topological polar surface area (TPSA) is 29.1 Å². The first kappa shape index (κ1) is 10.1. The van der Waals surface area contributed by atoms with Crippen LogP contribution in [0.5, 0.6) is 0 Å². The third kappa shape index (κ3) is 2.02. The number of hydrogen-bond donors (Lipinski definition) is 1. The molecule has 1 N–H and O–H groups in total. The van der Waals surface area contributed by atoms with Crippen LogP contribution in [0.15, 0.2) is 0 Å². The molecule has 0 aromatic carbocycles. The molecule has 70 valence electrons. The van der Waals surface area contributed by atoms with Gasteiger partial charge in [0.2, 0.25) is 5.12 Å². The molecule has 1 rings (SSSR count). The predicted octanol–water partition coefficient (Wildman–Crippen LogP) is 1.51. The number of thioether (sulfide) groups is 1. The van der Waals surface area contributed by atoms with E-state index < -0.39 is 0 Å². The lowest BCUT2D eigenvalue weighted by Gasteiger charge is -2.20. The van der Waals surface area contributed by atoms with Crippen molar-refractivity contribution in [3.8, 4) is 0 Å². The fourth-order valence-corrected chi connectivity index (χ4v) is 2.34. The molecule has 1 aliphatic rings. The van der Waals surface area contributed by atoms with Crippen molar-refractivity contribution in [3.63, 3.8) is 0 Å². The Morgan fingerprint density at radius 3 is 2.75 bits per heavy atom. The molecule has 0 spiro atoms. The van der Waals surface area contributed by atoms with Crippen LogP contribution >= 0.6 is 11.8 Å². The van der Waals surface area contributed by atoms with E-state index in [0.717, 1.165) is 13.0 Å². The Morgan fingerprint density at radius 1 is 1.58 bits per heavy atom. The first-order valence-electron chi connectivity index (χ1n) is 4.48. The zero-order valence-corrected chi connectivity index (χ0v) is 8.78. The number of hydrogen-bond acceptors (Lipinski definition) is 3. The molecule has 0 aliphatic carbocycles. The second-order valence-electron chi connectivity index (χ2n) is 3.65. The molecule has 2 nitrogen and oxygen atoms in total. The highest BCUT2D eigenvalue weighted by Gasteiger charge is 2.33. The molecular formula is C9H17NOS. The highest BCUT2D eigenvalue weighted by atomic mass is 32.2. The predicted molar refractivity (Wildman–Crippen MR) is 53.3 cm³/mol. The standard InChI is InChI=1S/C9H17NOS/c1-6(2)7-4-5-10-8(7)9(11)12-3/h6-8,10H,4-5H2,1-3H3. The molecule has 2 unspecified atom stereocenters. The van der Waals surface area contributed by atoms with Crippen molar-refractivity contribution >= 4 is 16.9 Å². The highest BCUT2D eigenvalue weighted by molar-refractivity contribution is 8.13. The van der Waals surface area contributed by atoms with Crippen LogP contribution in [0, 0.1) is 11.8 Å². The van der Waals surface area contributed by atoms with E-state index in [1.807, 2.05) is 6.26 Å². The van der Waals surface area contributed by atoms with Gasteiger partial charge in [0.05, 0.1) is 6.04 Å². The van der Waals surface area contributed by atoms with E-state index in [1.54, 1.807) is 0 Å². The fourth-order valence-electron chi connectivity index (χ4n) is 1.83. The zero-order valence-electron chi connectivity index (χ0n) is 7.96. The van der Waals surface area contributed by atoms with E-state index in [4.69, 9.17) is 0 Å². The quantitative estimate of drug-likeness (QED) is 0.710. The Morgan fingerprint density at radius 2 is 2.25 bits per heavy atom. The molecule has 0 bridgehead atoms. The van der Waals surface area contributed by atoms with Gasteiger partial charge in [-0.15, -0.1) is 0 Å². The molecule has 0 aromatic heterocycles. The monoisotopic (exact) mass is 187 g/mol. The number of nitrogens with one attached hydrogen (secondary N) is 1. The van der Waals surface area contributed by atoms with Gasteiger partial charge in [-0.05, 0) is 31.1 Å². The minimum absolute atomic E-state index is 0.111. The molecule has 1 fully saturated rings. The normalized spacial score (nSPS) is 29.7. The average molecular weight is 187 g/mol. The van der Waals surface area contributed by atoms with Gasteiger partial charge in [-0.25, -0.2) is 0 Å². The van der Waals surface area contributed by atoms with Crippen molar-refractivity contribution in [1.82, 2.24) is 5.32 Å². The van der Waals surface area contributed by atoms with Crippen LogP contribution in [0.1, 0.15) is 20.3 Å². The van der Waals surface area contributed by atoms with E-state index in [0.29, 0.717) is 17.0 Å². The van der Waals surface area contributed by atoms with Crippen molar-refractivity contribution in [1.29, 1.82) is 0 Å². The lowest BCUT2D eigenvalue weighted by molar-refractivity contribution is -0.113. The largest absolute Gasteiger partial charge is 0.306 e. The molecular weight excluding hydrogens is 170 g/mol. The van der Waals surface area contributed by atoms with Crippen molar-refractivity contribution in [2.45, 2.75) is 26.3 Å². The van der Waals surface area contributed by atoms with Gasteiger partial charge >= 0.3 is 0 Å². The maximum atomic E-state index is 11.4. The smallest absolute Gasteiger partial charge is 0.205 e. The van der Waals surface area contributed by atoms with Gasteiger partial charge in [-0.2, -0.15) is 0 Å². The molecule has 0 saturated carbocycles. The Labute approximate surface area is 78.5 Å². The van der Waals surface area contributed by atoms with Gasteiger partial charge < -0.3 is 5.32 Å². The van der Waals surface area contributed by atoms with Gasteiger partial charge in [0.15, 0.2) is 0 Å². The van der Waals surface area contributed by atoms with Crippen molar-refractivity contribution in [2.75, 3.05) is 12.8 Å². The Balaban J connectivity index is 2.57. The number of carbonyl (C=O) groups is 1. The summed E-state index contributed by atoms with van der Waals surface area (Å²) < 4.78 is 0. The van der Waals surface area contributed by atoms with Crippen LogP contribution in [0.3, 0.4) is 0 Å². The summed E-state index contributed by atoms with van der Waals surface area (Å²) in [5.74, 6) is 1.16. The summed E-state index contributed by atoms with van der Waals surface area (Å²) in [6.07, 6.45) is 3.01. The van der Waals surface area contributed by atoms with Crippen molar-refractivity contribution < 1.29 is 4.79 Å². The van der Waals surface area contributed by atoms with Crippen LogP contribution in [-0.4, -0.2) is 24.0 Å². The minimum Gasteiger partial charge on any atom is -0.306 e. The van der Waals surface area contributed by atoms with Crippen LogP contribution < -0.4 is 5.32 Å². The average Bonchev–Trinajstić information content (AvgIpc) is 2.50. The first-order chi connectivity index (χ1) is 5.66. The lowest BCUT2D eigenvalue weighted by Crippen LogP contribution is -2.35. The SMILES string of the molecule is CSC(=O)C1NCCC1C(C)C. The first-order valence-corrected chi connectivity index (χ1v) is 5.70. The maximum Gasteiger partial charge on any atom is 0.205 e. The summed E-state index contributed by atoms with van der Waals surface area (Å²) >= 11 is 1.34. The second-order valence-corrected chi connectivity index (χ2v) is 4.46. The molecule has 3 heteroatoms. The molecule has 1 heterocycles. The third-order valence-corrected chi connectivity index (χ3v) is 3.24. The number of rotatable bonds is 2. The van der Waals surface area contributed by atoms with E-state index >= 15 is 0 Å². The summed E-state index contributed by atoms with van der Waals surface area (Å²) in [6.45, 7) is 5.39. The molecule has 0 radical (unpaired) electrons. The van der Waals surface area contributed by atoms with Gasteiger partial charge in [0.1, 0.15) is 0 Å².